The van der Waals surface area contributed by atoms with Gasteiger partial charge in [-0.15, -0.1) is 0 Å². The van der Waals surface area contributed by atoms with Crippen LogP contribution in [0.5, 0.6) is 0 Å². The second-order valence-electron chi connectivity index (χ2n) is 3.46. The van der Waals surface area contributed by atoms with Crippen molar-refractivity contribution in [2.24, 2.45) is 5.16 Å². The zero-order valence-electron chi connectivity index (χ0n) is 8.88. The van der Waals surface area contributed by atoms with Gasteiger partial charge in [-0.2, -0.15) is 0 Å². The average molecular weight is 262 g/mol. The molecular formula is C10H12ClNO3S. The van der Waals surface area contributed by atoms with Crippen LogP contribution in [-0.4, -0.2) is 30.8 Å². The molecule has 0 amide bonds. The maximum atomic E-state index is 11.4. The number of halogens is 1. The maximum absolute atomic E-state index is 11.4. The van der Waals surface area contributed by atoms with Crippen molar-refractivity contribution in [2.75, 3.05) is 6.26 Å². The van der Waals surface area contributed by atoms with Gasteiger partial charge in [0.2, 0.25) is 0 Å². The monoisotopic (exact) mass is 261 g/mol. The number of benzene rings is 1. The SMILES string of the molecule is C[C@H](/C(=N\O)c1ccc(Cl)cc1)S(C)(=O)=O. The van der Waals surface area contributed by atoms with Gasteiger partial charge in [-0.3, -0.25) is 0 Å². The molecule has 0 heterocycles. The molecule has 0 spiro atoms. The van der Waals surface area contributed by atoms with E-state index >= 15 is 0 Å². The van der Waals surface area contributed by atoms with Crippen molar-refractivity contribution in [3.05, 3.63) is 34.9 Å². The molecular weight excluding hydrogens is 250 g/mol. The molecule has 0 aromatic heterocycles. The Morgan fingerprint density at radius 1 is 1.38 bits per heavy atom. The van der Waals surface area contributed by atoms with Crippen molar-refractivity contribution in [1.82, 2.24) is 0 Å². The second-order valence-corrected chi connectivity index (χ2v) is 6.27. The molecule has 0 aliphatic rings. The molecule has 1 aromatic rings. The topological polar surface area (TPSA) is 66.7 Å². The molecule has 88 valence electrons. The molecule has 0 unspecified atom stereocenters. The highest BCUT2D eigenvalue weighted by molar-refractivity contribution is 7.92. The van der Waals surface area contributed by atoms with Gasteiger partial charge in [0.25, 0.3) is 0 Å². The Hall–Kier alpha value is -1.07. The predicted octanol–water partition coefficient (Wildman–Crippen LogP) is 1.95. The number of rotatable bonds is 3. The van der Waals surface area contributed by atoms with E-state index in [1.165, 1.54) is 6.92 Å². The summed E-state index contributed by atoms with van der Waals surface area (Å²) < 4.78 is 22.7. The highest BCUT2D eigenvalue weighted by atomic mass is 35.5. The van der Waals surface area contributed by atoms with Crippen LogP contribution >= 0.6 is 11.6 Å². The first-order chi connectivity index (χ1) is 7.36. The second kappa shape index (κ2) is 4.84. The molecule has 1 atom stereocenters. The summed E-state index contributed by atoms with van der Waals surface area (Å²) in [6.07, 6.45) is 1.10. The molecule has 0 bridgehead atoms. The first kappa shape index (κ1) is 13.0. The minimum atomic E-state index is -3.30. The number of sulfone groups is 1. The van der Waals surface area contributed by atoms with E-state index in [4.69, 9.17) is 16.8 Å². The molecule has 0 aliphatic heterocycles. The Balaban J connectivity index is 3.15. The summed E-state index contributed by atoms with van der Waals surface area (Å²) in [7, 11) is -3.30. The van der Waals surface area contributed by atoms with E-state index in [2.05, 4.69) is 5.16 Å². The van der Waals surface area contributed by atoms with Crippen molar-refractivity contribution in [2.45, 2.75) is 12.2 Å². The van der Waals surface area contributed by atoms with Gasteiger partial charge < -0.3 is 5.21 Å². The largest absolute Gasteiger partial charge is 0.411 e. The molecule has 1 N–H and O–H groups in total. The lowest BCUT2D eigenvalue weighted by Crippen LogP contribution is -2.27. The first-order valence-corrected chi connectivity index (χ1v) is 6.86. The lowest BCUT2D eigenvalue weighted by atomic mass is 10.1. The van der Waals surface area contributed by atoms with Crippen LogP contribution in [0, 0.1) is 0 Å². The summed E-state index contributed by atoms with van der Waals surface area (Å²) in [4.78, 5) is 0. The van der Waals surface area contributed by atoms with E-state index < -0.39 is 15.1 Å². The molecule has 0 radical (unpaired) electrons. The van der Waals surface area contributed by atoms with Crippen molar-refractivity contribution >= 4 is 27.1 Å². The zero-order valence-corrected chi connectivity index (χ0v) is 10.5. The lowest BCUT2D eigenvalue weighted by molar-refractivity contribution is 0.318. The van der Waals surface area contributed by atoms with E-state index in [-0.39, 0.29) is 5.71 Å². The van der Waals surface area contributed by atoms with E-state index in [1.54, 1.807) is 24.3 Å². The molecule has 1 aromatic carbocycles. The van der Waals surface area contributed by atoms with Gasteiger partial charge >= 0.3 is 0 Å². The number of hydrogen-bond donors (Lipinski definition) is 1. The van der Waals surface area contributed by atoms with Gasteiger partial charge in [0.1, 0.15) is 11.0 Å². The Kier molecular flexibility index (Phi) is 3.93. The van der Waals surface area contributed by atoms with Crippen LogP contribution in [0.15, 0.2) is 29.4 Å². The fourth-order valence-electron chi connectivity index (χ4n) is 1.20. The van der Waals surface area contributed by atoms with Crippen LogP contribution in [0.3, 0.4) is 0 Å². The fraction of sp³-hybridized carbons (Fsp3) is 0.300. The Morgan fingerprint density at radius 2 is 1.88 bits per heavy atom. The van der Waals surface area contributed by atoms with E-state index in [9.17, 15) is 8.42 Å². The highest BCUT2D eigenvalue weighted by Crippen LogP contribution is 2.14. The van der Waals surface area contributed by atoms with Crippen LogP contribution in [0.2, 0.25) is 5.02 Å². The molecule has 0 fully saturated rings. The molecule has 0 saturated carbocycles. The van der Waals surface area contributed by atoms with Gasteiger partial charge in [-0.25, -0.2) is 8.42 Å². The molecule has 0 saturated heterocycles. The standard InChI is InChI=1S/C10H12ClNO3S/c1-7(16(2,14)15)10(12-13)8-3-5-9(11)6-4-8/h3-7,13H,1-2H3/b12-10+/t7-/m1/s1. The minimum Gasteiger partial charge on any atom is -0.411 e. The first-order valence-electron chi connectivity index (χ1n) is 4.53. The van der Waals surface area contributed by atoms with Crippen molar-refractivity contribution in [3.8, 4) is 0 Å². The van der Waals surface area contributed by atoms with Gasteiger partial charge in [-0.05, 0) is 19.1 Å². The smallest absolute Gasteiger partial charge is 0.155 e. The molecule has 4 nitrogen and oxygen atoms in total. The van der Waals surface area contributed by atoms with Gasteiger partial charge in [0, 0.05) is 16.8 Å². The minimum absolute atomic E-state index is 0.110. The zero-order chi connectivity index (χ0) is 12.3. The quantitative estimate of drug-likeness (QED) is 0.514. The Bertz CT molecular complexity index is 493. The van der Waals surface area contributed by atoms with Crippen LogP contribution < -0.4 is 0 Å². The number of hydrogen-bond acceptors (Lipinski definition) is 4. The van der Waals surface area contributed by atoms with E-state index in [1.807, 2.05) is 0 Å². The maximum Gasteiger partial charge on any atom is 0.155 e. The fourth-order valence-corrected chi connectivity index (χ4v) is 1.91. The van der Waals surface area contributed by atoms with E-state index in [0.717, 1.165) is 6.26 Å². The van der Waals surface area contributed by atoms with Crippen LogP contribution in [0.25, 0.3) is 0 Å². The lowest BCUT2D eigenvalue weighted by Gasteiger charge is -2.11. The Labute approximate surface area is 99.5 Å². The van der Waals surface area contributed by atoms with Gasteiger partial charge in [0.05, 0.1) is 0 Å². The van der Waals surface area contributed by atoms with E-state index in [0.29, 0.717) is 10.6 Å². The van der Waals surface area contributed by atoms with Gasteiger partial charge in [-0.1, -0.05) is 28.9 Å². The van der Waals surface area contributed by atoms with Crippen LogP contribution in [0.4, 0.5) is 0 Å². The summed E-state index contributed by atoms with van der Waals surface area (Å²) in [5, 5.41) is 11.6. The number of nitrogens with zero attached hydrogens (tertiary/aromatic N) is 1. The van der Waals surface area contributed by atoms with Gasteiger partial charge in [0.15, 0.2) is 9.84 Å². The third-order valence-corrected chi connectivity index (χ3v) is 4.03. The summed E-state index contributed by atoms with van der Waals surface area (Å²) in [6.45, 7) is 1.47. The van der Waals surface area contributed by atoms with Crippen molar-refractivity contribution < 1.29 is 13.6 Å². The molecule has 1 rings (SSSR count). The normalized spacial score (nSPS) is 14.8. The van der Waals surface area contributed by atoms with Crippen molar-refractivity contribution in [3.63, 3.8) is 0 Å². The molecule has 0 aliphatic carbocycles. The highest BCUT2D eigenvalue weighted by Gasteiger charge is 2.23. The predicted molar refractivity (Wildman–Crippen MR) is 64.1 cm³/mol. The number of oxime groups is 1. The summed E-state index contributed by atoms with van der Waals surface area (Å²) >= 11 is 5.71. The molecule has 6 heteroatoms. The summed E-state index contributed by atoms with van der Waals surface area (Å²) in [6, 6.07) is 6.44. The third kappa shape index (κ3) is 2.96. The summed E-state index contributed by atoms with van der Waals surface area (Å²) in [5.74, 6) is 0. The van der Waals surface area contributed by atoms with Crippen LogP contribution in [-0.2, 0) is 9.84 Å². The summed E-state index contributed by atoms with van der Waals surface area (Å²) in [5.41, 5.74) is 0.643. The van der Waals surface area contributed by atoms with Crippen LogP contribution in [0.1, 0.15) is 12.5 Å². The third-order valence-electron chi connectivity index (χ3n) is 2.28. The Morgan fingerprint density at radius 3 is 2.25 bits per heavy atom. The van der Waals surface area contributed by atoms with Crippen molar-refractivity contribution in [1.29, 1.82) is 0 Å². The average Bonchev–Trinajstić information content (AvgIpc) is 2.20. The molecule has 16 heavy (non-hydrogen) atoms.